The number of hydrogen-bond donors (Lipinski definition) is 1. The van der Waals surface area contributed by atoms with Crippen LogP contribution in [0.5, 0.6) is 11.6 Å². The molecule has 0 bridgehead atoms. The number of aromatic nitrogens is 3. The quantitative estimate of drug-likeness (QED) is 0.463. The highest BCUT2D eigenvalue weighted by Crippen LogP contribution is 2.36. The molecule has 1 aliphatic carbocycles. The second-order valence-electron chi connectivity index (χ2n) is 8.87. The van der Waals surface area contributed by atoms with Gasteiger partial charge in [-0.25, -0.2) is 4.98 Å². The molecule has 0 spiro atoms. The van der Waals surface area contributed by atoms with Gasteiger partial charge in [0.25, 0.3) is 5.89 Å². The molecule has 0 aliphatic heterocycles. The fraction of sp³-hybridized carbons (Fsp3) is 0.500. The van der Waals surface area contributed by atoms with Crippen LogP contribution in [0.15, 0.2) is 28.8 Å². The number of aryl methyl sites for hydroxylation is 2. The van der Waals surface area contributed by atoms with E-state index in [1.807, 2.05) is 13.0 Å². The van der Waals surface area contributed by atoms with Gasteiger partial charge in [0.2, 0.25) is 11.7 Å². The zero-order valence-electron chi connectivity index (χ0n) is 20.1. The lowest BCUT2D eigenvalue weighted by Gasteiger charge is -2.19. The molecule has 1 saturated carbocycles. The Kier molecular flexibility index (Phi) is 7.28. The van der Waals surface area contributed by atoms with Crippen molar-refractivity contribution in [3.8, 4) is 34.5 Å². The van der Waals surface area contributed by atoms with Crippen LogP contribution in [0.3, 0.4) is 0 Å². The Morgan fingerprint density at radius 2 is 1.91 bits per heavy atom. The van der Waals surface area contributed by atoms with E-state index in [2.05, 4.69) is 42.2 Å². The maximum Gasteiger partial charge on any atom is 0.258 e. The van der Waals surface area contributed by atoms with Gasteiger partial charge in [0.1, 0.15) is 5.75 Å². The Morgan fingerprint density at radius 3 is 2.61 bits per heavy atom. The third-order valence-electron chi connectivity index (χ3n) is 6.36. The predicted octanol–water partition coefficient (Wildman–Crippen LogP) is 5.45. The molecule has 0 amide bonds. The van der Waals surface area contributed by atoms with Gasteiger partial charge < -0.3 is 19.7 Å². The van der Waals surface area contributed by atoms with Gasteiger partial charge in [0.15, 0.2) is 0 Å². The van der Waals surface area contributed by atoms with Crippen molar-refractivity contribution >= 4 is 0 Å². The number of benzene rings is 1. The van der Waals surface area contributed by atoms with E-state index in [4.69, 9.17) is 24.7 Å². The summed E-state index contributed by atoms with van der Waals surface area (Å²) in [4.78, 5) is 9.38. The molecule has 176 valence electrons. The average molecular weight is 451 g/mol. The largest absolute Gasteiger partial charge is 0.490 e. The fourth-order valence-electron chi connectivity index (χ4n) is 4.54. The van der Waals surface area contributed by atoms with Crippen molar-refractivity contribution in [2.24, 2.45) is 5.73 Å². The Morgan fingerprint density at radius 1 is 1.12 bits per heavy atom. The molecule has 7 nitrogen and oxygen atoms in total. The lowest BCUT2D eigenvalue weighted by atomic mass is 10.0. The van der Waals surface area contributed by atoms with E-state index in [0.29, 0.717) is 30.1 Å². The Labute approximate surface area is 195 Å². The maximum atomic E-state index is 6.20. The minimum Gasteiger partial charge on any atom is -0.490 e. The van der Waals surface area contributed by atoms with E-state index in [1.165, 1.54) is 12.8 Å². The summed E-state index contributed by atoms with van der Waals surface area (Å²) in [6, 6.07) is 8.06. The molecule has 2 heterocycles. The van der Waals surface area contributed by atoms with Gasteiger partial charge in [-0.3, -0.25) is 0 Å². The number of rotatable bonds is 9. The summed E-state index contributed by atoms with van der Waals surface area (Å²) >= 11 is 0. The van der Waals surface area contributed by atoms with Gasteiger partial charge in [-0.1, -0.05) is 24.9 Å². The number of hydrogen-bond acceptors (Lipinski definition) is 7. The van der Waals surface area contributed by atoms with Crippen molar-refractivity contribution < 1.29 is 14.0 Å². The van der Waals surface area contributed by atoms with Crippen LogP contribution in [0.2, 0.25) is 0 Å². The first-order valence-corrected chi connectivity index (χ1v) is 11.9. The fourth-order valence-corrected chi connectivity index (χ4v) is 4.54. The first-order valence-electron chi connectivity index (χ1n) is 11.9. The number of pyridine rings is 1. The van der Waals surface area contributed by atoms with E-state index in [1.54, 1.807) is 7.11 Å². The zero-order chi connectivity index (χ0) is 23.4. The average Bonchev–Trinajstić information content (AvgIpc) is 3.53. The molecule has 4 rings (SSSR count). The Balaban J connectivity index is 1.65. The third-order valence-corrected chi connectivity index (χ3v) is 6.36. The molecule has 7 heteroatoms. The molecule has 0 radical (unpaired) electrons. The summed E-state index contributed by atoms with van der Waals surface area (Å²) in [5.41, 5.74) is 10.6. The SMILES string of the molecule is CCc1cc(-c2noc(-c3cc(OC)nc(C4CCCC4)c3)n2)cc(C)c1OC(C)CCN. The smallest absolute Gasteiger partial charge is 0.258 e. The minimum atomic E-state index is 0.0670. The topological polar surface area (TPSA) is 96.3 Å². The summed E-state index contributed by atoms with van der Waals surface area (Å²) in [5, 5.41) is 4.28. The molecule has 2 N–H and O–H groups in total. The standard InChI is InChI=1S/C26H34N4O3/c1-5-18-13-20(12-16(2)24(18)32-17(3)10-11-27)25-29-26(33-30-25)21-14-22(19-8-6-7-9-19)28-23(15-21)31-4/h12-15,17,19H,5-11,27H2,1-4H3. The summed E-state index contributed by atoms with van der Waals surface area (Å²) in [6.45, 7) is 6.83. The normalized spacial score (nSPS) is 15.1. The molecule has 33 heavy (non-hydrogen) atoms. The summed E-state index contributed by atoms with van der Waals surface area (Å²) < 4.78 is 17.3. The molecular formula is C26H34N4O3. The van der Waals surface area contributed by atoms with Crippen LogP contribution in [-0.2, 0) is 6.42 Å². The van der Waals surface area contributed by atoms with Gasteiger partial charge in [-0.2, -0.15) is 4.98 Å². The first-order chi connectivity index (χ1) is 16.0. The maximum absolute atomic E-state index is 6.20. The first kappa shape index (κ1) is 23.2. The highest BCUT2D eigenvalue weighted by Gasteiger charge is 2.22. The molecule has 2 aromatic heterocycles. The van der Waals surface area contributed by atoms with Crippen molar-refractivity contribution in [3.63, 3.8) is 0 Å². The van der Waals surface area contributed by atoms with Gasteiger partial charge >= 0.3 is 0 Å². The summed E-state index contributed by atoms with van der Waals surface area (Å²) in [6.07, 6.45) is 6.53. The Bertz CT molecular complexity index is 1090. The lowest BCUT2D eigenvalue weighted by Crippen LogP contribution is -2.18. The van der Waals surface area contributed by atoms with Crippen LogP contribution in [0.25, 0.3) is 22.8 Å². The predicted molar refractivity (Wildman–Crippen MR) is 129 cm³/mol. The van der Waals surface area contributed by atoms with Crippen molar-refractivity contribution in [1.29, 1.82) is 0 Å². The summed E-state index contributed by atoms with van der Waals surface area (Å²) in [7, 11) is 1.64. The second kappa shape index (κ2) is 10.3. The van der Waals surface area contributed by atoms with Crippen molar-refractivity contribution in [3.05, 3.63) is 41.1 Å². The van der Waals surface area contributed by atoms with Gasteiger partial charge in [-0.05, 0) is 75.4 Å². The minimum absolute atomic E-state index is 0.0670. The molecule has 1 aromatic carbocycles. The van der Waals surface area contributed by atoms with Gasteiger partial charge in [0.05, 0.1) is 13.2 Å². The lowest BCUT2D eigenvalue weighted by molar-refractivity contribution is 0.210. The monoisotopic (exact) mass is 450 g/mol. The van der Waals surface area contributed by atoms with Crippen LogP contribution in [-0.4, -0.2) is 34.9 Å². The van der Waals surface area contributed by atoms with Gasteiger partial charge in [0, 0.05) is 28.8 Å². The molecule has 1 unspecified atom stereocenters. The highest BCUT2D eigenvalue weighted by atomic mass is 16.5. The molecule has 1 atom stereocenters. The molecule has 3 aromatic rings. The number of nitrogens with two attached hydrogens (primary N) is 1. The van der Waals surface area contributed by atoms with E-state index < -0.39 is 0 Å². The number of nitrogens with zero attached hydrogens (tertiary/aromatic N) is 3. The van der Waals surface area contributed by atoms with E-state index >= 15 is 0 Å². The van der Waals surface area contributed by atoms with Crippen LogP contribution >= 0.6 is 0 Å². The van der Waals surface area contributed by atoms with Crippen molar-refractivity contribution in [2.75, 3.05) is 13.7 Å². The van der Waals surface area contributed by atoms with Crippen LogP contribution in [0.1, 0.15) is 68.7 Å². The van der Waals surface area contributed by atoms with E-state index in [0.717, 1.165) is 59.4 Å². The number of methoxy groups -OCH3 is 1. The molecular weight excluding hydrogens is 416 g/mol. The van der Waals surface area contributed by atoms with Crippen molar-refractivity contribution in [1.82, 2.24) is 15.1 Å². The molecule has 0 saturated heterocycles. The third kappa shape index (κ3) is 5.19. The van der Waals surface area contributed by atoms with E-state index in [9.17, 15) is 0 Å². The van der Waals surface area contributed by atoms with Gasteiger partial charge in [-0.15, -0.1) is 0 Å². The molecule has 1 aliphatic rings. The zero-order valence-corrected chi connectivity index (χ0v) is 20.1. The van der Waals surface area contributed by atoms with Crippen LogP contribution < -0.4 is 15.2 Å². The molecule has 1 fully saturated rings. The Hall–Kier alpha value is -2.93. The van der Waals surface area contributed by atoms with E-state index in [-0.39, 0.29) is 6.10 Å². The number of ether oxygens (including phenoxy) is 2. The second-order valence-corrected chi connectivity index (χ2v) is 8.87. The van der Waals surface area contributed by atoms with Crippen molar-refractivity contribution in [2.45, 2.75) is 71.3 Å². The summed E-state index contributed by atoms with van der Waals surface area (Å²) in [5.74, 6) is 2.99. The highest BCUT2D eigenvalue weighted by molar-refractivity contribution is 5.64. The van der Waals surface area contributed by atoms with Crippen LogP contribution in [0, 0.1) is 6.92 Å². The van der Waals surface area contributed by atoms with Crippen LogP contribution in [0.4, 0.5) is 0 Å².